The van der Waals surface area contributed by atoms with E-state index in [4.69, 9.17) is 11.6 Å². The van der Waals surface area contributed by atoms with Crippen LogP contribution in [0.3, 0.4) is 0 Å². The Bertz CT molecular complexity index is 363. The van der Waals surface area contributed by atoms with Gasteiger partial charge in [0.15, 0.2) is 0 Å². The molecule has 3 heteroatoms. The maximum atomic E-state index is 12.8. The Morgan fingerprint density at radius 1 is 1.38 bits per heavy atom. The fourth-order valence-corrected chi connectivity index (χ4v) is 1.87. The molecule has 0 aliphatic rings. The molecule has 0 saturated carbocycles. The van der Waals surface area contributed by atoms with Gasteiger partial charge in [-0.3, -0.25) is 4.79 Å². The second-order valence-electron chi connectivity index (χ2n) is 3.88. The standard InChI is InChI=1S/C13H16ClFO/c1-2-4-12(16)6-3-5-10-7-8-11(15)9-13(10)14/h7-9H,2-6H2,1H3. The van der Waals surface area contributed by atoms with Crippen LogP contribution in [0.25, 0.3) is 0 Å². The Hall–Kier alpha value is -0.890. The van der Waals surface area contributed by atoms with Gasteiger partial charge in [-0.2, -0.15) is 0 Å². The van der Waals surface area contributed by atoms with Crippen LogP contribution in [0.4, 0.5) is 4.39 Å². The van der Waals surface area contributed by atoms with Crippen LogP contribution >= 0.6 is 11.6 Å². The maximum absolute atomic E-state index is 12.8. The van der Waals surface area contributed by atoms with E-state index in [-0.39, 0.29) is 5.82 Å². The van der Waals surface area contributed by atoms with E-state index in [0.717, 1.165) is 24.8 Å². The van der Waals surface area contributed by atoms with Gasteiger partial charge in [-0.1, -0.05) is 24.6 Å². The largest absolute Gasteiger partial charge is 0.300 e. The Kier molecular flexibility index (Phi) is 5.47. The number of halogens is 2. The molecule has 16 heavy (non-hydrogen) atoms. The van der Waals surface area contributed by atoms with Crippen molar-refractivity contribution in [1.82, 2.24) is 0 Å². The van der Waals surface area contributed by atoms with Crippen LogP contribution in [0.5, 0.6) is 0 Å². The monoisotopic (exact) mass is 242 g/mol. The number of carbonyl (C=O) groups excluding carboxylic acids is 1. The lowest BCUT2D eigenvalue weighted by atomic mass is 10.0. The van der Waals surface area contributed by atoms with Gasteiger partial charge < -0.3 is 0 Å². The van der Waals surface area contributed by atoms with Crippen LogP contribution in [-0.4, -0.2) is 5.78 Å². The molecule has 0 saturated heterocycles. The van der Waals surface area contributed by atoms with E-state index in [1.165, 1.54) is 12.1 Å². The van der Waals surface area contributed by atoms with Crippen LogP contribution in [0.1, 0.15) is 38.2 Å². The van der Waals surface area contributed by atoms with Gasteiger partial charge >= 0.3 is 0 Å². The first-order chi connectivity index (χ1) is 7.63. The number of Topliss-reactive ketones (excluding diaryl/α,β-unsaturated/α-hetero) is 1. The molecule has 0 unspecified atom stereocenters. The minimum atomic E-state index is -0.323. The van der Waals surface area contributed by atoms with Crippen molar-refractivity contribution in [3.63, 3.8) is 0 Å². The van der Waals surface area contributed by atoms with Crippen LogP contribution in [0.2, 0.25) is 5.02 Å². The number of aryl methyl sites for hydroxylation is 1. The van der Waals surface area contributed by atoms with Gasteiger partial charge in [-0.05, 0) is 37.0 Å². The highest BCUT2D eigenvalue weighted by Crippen LogP contribution is 2.19. The molecule has 1 rings (SSSR count). The van der Waals surface area contributed by atoms with E-state index in [1.54, 1.807) is 6.07 Å². The molecule has 0 radical (unpaired) electrons. The summed E-state index contributed by atoms with van der Waals surface area (Å²) < 4.78 is 12.8. The highest BCUT2D eigenvalue weighted by molar-refractivity contribution is 6.31. The average Bonchev–Trinajstić information content (AvgIpc) is 2.22. The molecule has 0 aliphatic heterocycles. The highest BCUT2D eigenvalue weighted by atomic mass is 35.5. The van der Waals surface area contributed by atoms with Gasteiger partial charge in [0.25, 0.3) is 0 Å². The molecule has 0 fully saturated rings. The molecule has 0 aromatic heterocycles. The zero-order chi connectivity index (χ0) is 12.0. The number of hydrogen-bond acceptors (Lipinski definition) is 1. The molecule has 88 valence electrons. The van der Waals surface area contributed by atoms with Gasteiger partial charge in [0.05, 0.1) is 0 Å². The van der Waals surface area contributed by atoms with Crippen LogP contribution in [-0.2, 0) is 11.2 Å². The Morgan fingerprint density at radius 3 is 2.75 bits per heavy atom. The number of benzene rings is 1. The van der Waals surface area contributed by atoms with Crippen molar-refractivity contribution in [2.45, 2.75) is 39.0 Å². The number of hydrogen-bond donors (Lipinski definition) is 0. The van der Waals surface area contributed by atoms with Gasteiger partial charge in [0.2, 0.25) is 0 Å². The molecule has 0 N–H and O–H groups in total. The molecular weight excluding hydrogens is 227 g/mol. The maximum Gasteiger partial charge on any atom is 0.132 e. The van der Waals surface area contributed by atoms with E-state index in [9.17, 15) is 9.18 Å². The van der Waals surface area contributed by atoms with E-state index in [0.29, 0.717) is 23.6 Å². The quantitative estimate of drug-likeness (QED) is 0.732. The molecule has 1 aromatic carbocycles. The first kappa shape index (κ1) is 13.2. The van der Waals surface area contributed by atoms with Crippen molar-refractivity contribution in [2.24, 2.45) is 0 Å². The zero-order valence-electron chi connectivity index (χ0n) is 9.43. The Balaban J connectivity index is 2.40. The zero-order valence-corrected chi connectivity index (χ0v) is 10.2. The first-order valence-electron chi connectivity index (χ1n) is 5.59. The van der Waals surface area contributed by atoms with Gasteiger partial charge in [-0.25, -0.2) is 4.39 Å². The minimum absolute atomic E-state index is 0.292. The summed E-state index contributed by atoms with van der Waals surface area (Å²) in [6.07, 6.45) is 3.65. The lowest BCUT2D eigenvalue weighted by Gasteiger charge is -2.03. The lowest BCUT2D eigenvalue weighted by Crippen LogP contribution is -1.98. The van der Waals surface area contributed by atoms with Crippen LogP contribution in [0.15, 0.2) is 18.2 Å². The van der Waals surface area contributed by atoms with E-state index in [1.807, 2.05) is 6.92 Å². The third-order valence-corrected chi connectivity index (χ3v) is 2.80. The summed E-state index contributed by atoms with van der Waals surface area (Å²) >= 11 is 5.88. The molecule has 0 amide bonds. The molecule has 1 nitrogen and oxygen atoms in total. The van der Waals surface area contributed by atoms with Crippen molar-refractivity contribution in [3.05, 3.63) is 34.6 Å². The summed E-state index contributed by atoms with van der Waals surface area (Å²) in [6, 6.07) is 4.39. The van der Waals surface area contributed by atoms with Crippen molar-refractivity contribution in [2.75, 3.05) is 0 Å². The van der Waals surface area contributed by atoms with Crippen molar-refractivity contribution < 1.29 is 9.18 Å². The second-order valence-corrected chi connectivity index (χ2v) is 4.29. The minimum Gasteiger partial charge on any atom is -0.300 e. The number of rotatable bonds is 6. The third kappa shape index (κ3) is 4.31. The predicted octanol–water partition coefficient (Wildman–Crippen LogP) is 4.17. The van der Waals surface area contributed by atoms with Crippen LogP contribution < -0.4 is 0 Å². The summed E-state index contributed by atoms with van der Waals surface area (Å²) in [7, 11) is 0. The average molecular weight is 243 g/mol. The van der Waals surface area contributed by atoms with E-state index in [2.05, 4.69) is 0 Å². The molecule has 0 atom stereocenters. The topological polar surface area (TPSA) is 17.1 Å². The second kappa shape index (κ2) is 6.64. The molecule has 0 spiro atoms. The van der Waals surface area contributed by atoms with Gasteiger partial charge in [0.1, 0.15) is 11.6 Å². The van der Waals surface area contributed by atoms with Gasteiger partial charge in [-0.15, -0.1) is 0 Å². The van der Waals surface area contributed by atoms with E-state index < -0.39 is 0 Å². The van der Waals surface area contributed by atoms with Crippen molar-refractivity contribution in [1.29, 1.82) is 0 Å². The SMILES string of the molecule is CCCC(=O)CCCc1ccc(F)cc1Cl. The van der Waals surface area contributed by atoms with Gasteiger partial charge in [0, 0.05) is 17.9 Å². The first-order valence-corrected chi connectivity index (χ1v) is 5.97. The van der Waals surface area contributed by atoms with Crippen molar-refractivity contribution >= 4 is 17.4 Å². The third-order valence-electron chi connectivity index (χ3n) is 2.45. The fraction of sp³-hybridized carbons (Fsp3) is 0.462. The summed E-state index contributed by atoms with van der Waals surface area (Å²) in [5.41, 5.74) is 0.910. The number of carbonyl (C=O) groups is 1. The molecule has 0 heterocycles. The van der Waals surface area contributed by atoms with Crippen LogP contribution in [0, 0.1) is 5.82 Å². The summed E-state index contributed by atoms with van der Waals surface area (Å²) in [4.78, 5) is 11.3. The molecule has 0 bridgehead atoms. The molecule has 0 aliphatic carbocycles. The Labute approximate surface area is 101 Å². The molecule has 1 aromatic rings. The predicted molar refractivity (Wildman–Crippen MR) is 64.3 cm³/mol. The van der Waals surface area contributed by atoms with E-state index >= 15 is 0 Å². The van der Waals surface area contributed by atoms with Crippen molar-refractivity contribution in [3.8, 4) is 0 Å². The summed E-state index contributed by atoms with van der Waals surface area (Å²) in [5, 5.41) is 0.447. The molecular formula is C13H16ClFO. The normalized spacial score (nSPS) is 10.4. The summed E-state index contributed by atoms with van der Waals surface area (Å²) in [6.45, 7) is 1.99. The Morgan fingerprint density at radius 2 is 2.12 bits per heavy atom. The number of ketones is 1. The lowest BCUT2D eigenvalue weighted by molar-refractivity contribution is -0.119. The highest BCUT2D eigenvalue weighted by Gasteiger charge is 2.04. The fourth-order valence-electron chi connectivity index (χ4n) is 1.60. The summed E-state index contributed by atoms with van der Waals surface area (Å²) in [5.74, 6) is -0.0310. The smallest absolute Gasteiger partial charge is 0.132 e.